The molecule has 0 atom stereocenters. The smallest absolute Gasteiger partial charge is 0.306 e. The van der Waals surface area contributed by atoms with Gasteiger partial charge < -0.3 is 5.11 Å². The van der Waals surface area contributed by atoms with Crippen molar-refractivity contribution < 1.29 is 9.90 Å². The van der Waals surface area contributed by atoms with E-state index in [0.29, 0.717) is 5.92 Å². The molecule has 11 heavy (non-hydrogen) atoms. The topological polar surface area (TPSA) is 37.3 Å². The van der Waals surface area contributed by atoms with E-state index in [0.717, 1.165) is 31.4 Å². The Morgan fingerprint density at radius 3 is 2.27 bits per heavy atom. The van der Waals surface area contributed by atoms with E-state index < -0.39 is 5.97 Å². The zero-order chi connectivity index (χ0) is 8.27. The largest absolute Gasteiger partial charge is 0.481 e. The molecule has 1 rings (SSSR count). The maximum atomic E-state index is 10.5. The Kier molecular flexibility index (Phi) is 3.24. The number of carbonyl (C=O) groups is 1. The molecule has 0 aliphatic heterocycles. The van der Waals surface area contributed by atoms with Crippen LogP contribution in [0.2, 0.25) is 0 Å². The Balaban J connectivity index is 2.30. The minimum Gasteiger partial charge on any atom is -0.481 e. The van der Waals surface area contributed by atoms with Gasteiger partial charge >= 0.3 is 5.97 Å². The molecule has 0 heterocycles. The highest BCUT2D eigenvalue weighted by Crippen LogP contribution is 2.29. The molecule has 1 fully saturated rings. The van der Waals surface area contributed by atoms with E-state index in [1.807, 2.05) is 0 Å². The van der Waals surface area contributed by atoms with Gasteiger partial charge in [0.1, 0.15) is 0 Å². The summed E-state index contributed by atoms with van der Waals surface area (Å²) < 4.78 is 0. The molecule has 1 saturated carbocycles. The van der Waals surface area contributed by atoms with E-state index in [2.05, 4.69) is 12.6 Å². The monoisotopic (exact) mass is 174 g/mol. The first-order chi connectivity index (χ1) is 5.24. The predicted molar refractivity (Wildman–Crippen MR) is 46.9 cm³/mol. The second kappa shape index (κ2) is 4.00. The number of carboxylic acid groups (broad SMARTS) is 1. The van der Waals surface area contributed by atoms with Gasteiger partial charge in [0.25, 0.3) is 0 Å². The van der Waals surface area contributed by atoms with Crippen LogP contribution in [0.4, 0.5) is 0 Å². The van der Waals surface area contributed by atoms with Gasteiger partial charge in [-0.2, -0.15) is 12.6 Å². The van der Waals surface area contributed by atoms with Crippen LogP contribution in [0.3, 0.4) is 0 Å². The Bertz CT molecular complexity index is 139. The van der Waals surface area contributed by atoms with Gasteiger partial charge in [-0.05, 0) is 37.4 Å². The summed E-state index contributed by atoms with van der Waals surface area (Å²) in [5.41, 5.74) is 0. The molecule has 0 amide bonds. The van der Waals surface area contributed by atoms with Gasteiger partial charge in [-0.25, -0.2) is 0 Å². The Morgan fingerprint density at radius 2 is 1.91 bits per heavy atom. The van der Waals surface area contributed by atoms with E-state index >= 15 is 0 Å². The lowest BCUT2D eigenvalue weighted by Gasteiger charge is -2.24. The van der Waals surface area contributed by atoms with Crippen LogP contribution < -0.4 is 0 Å². The molecule has 0 aromatic carbocycles. The maximum Gasteiger partial charge on any atom is 0.306 e. The molecule has 64 valence electrons. The van der Waals surface area contributed by atoms with Crippen LogP contribution in [0.25, 0.3) is 0 Å². The van der Waals surface area contributed by atoms with Crippen molar-refractivity contribution in [3.63, 3.8) is 0 Å². The summed E-state index contributed by atoms with van der Waals surface area (Å²) in [5.74, 6) is 0.870. The number of hydrogen-bond acceptors (Lipinski definition) is 2. The molecule has 1 aliphatic carbocycles. The van der Waals surface area contributed by atoms with E-state index in [4.69, 9.17) is 5.11 Å². The van der Waals surface area contributed by atoms with Gasteiger partial charge in [0.05, 0.1) is 5.92 Å². The molecule has 3 heteroatoms. The summed E-state index contributed by atoms with van der Waals surface area (Å²) in [6.45, 7) is 0. The summed E-state index contributed by atoms with van der Waals surface area (Å²) in [6, 6.07) is 0. The summed E-state index contributed by atoms with van der Waals surface area (Å²) in [5, 5.41) is 8.68. The molecule has 1 aliphatic rings. The first-order valence-electron chi connectivity index (χ1n) is 4.07. The van der Waals surface area contributed by atoms with Gasteiger partial charge in [-0.1, -0.05) is 0 Å². The number of rotatable bonds is 2. The normalized spacial score (nSPS) is 31.7. The van der Waals surface area contributed by atoms with Crippen molar-refractivity contribution in [1.29, 1.82) is 0 Å². The summed E-state index contributed by atoms with van der Waals surface area (Å²) in [6.07, 6.45) is 3.78. The van der Waals surface area contributed by atoms with Crippen LogP contribution >= 0.6 is 12.6 Å². The second-order valence-corrected chi connectivity index (χ2v) is 3.60. The molecule has 0 aromatic rings. The van der Waals surface area contributed by atoms with E-state index in [-0.39, 0.29) is 5.92 Å². The molecule has 0 radical (unpaired) electrons. The van der Waals surface area contributed by atoms with Crippen LogP contribution in [0.15, 0.2) is 0 Å². The maximum absolute atomic E-state index is 10.5. The summed E-state index contributed by atoms with van der Waals surface area (Å²) >= 11 is 4.20. The fraction of sp³-hybridized carbons (Fsp3) is 0.875. The fourth-order valence-electron chi connectivity index (χ4n) is 1.59. The molecule has 2 nitrogen and oxygen atoms in total. The average Bonchev–Trinajstić information content (AvgIpc) is 2.05. The van der Waals surface area contributed by atoms with Crippen molar-refractivity contribution in [3.05, 3.63) is 0 Å². The zero-order valence-electron chi connectivity index (χ0n) is 6.49. The van der Waals surface area contributed by atoms with Gasteiger partial charge in [-0.3, -0.25) is 4.79 Å². The van der Waals surface area contributed by atoms with E-state index in [9.17, 15) is 4.79 Å². The first-order valence-corrected chi connectivity index (χ1v) is 4.71. The van der Waals surface area contributed by atoms with E-state index in [1.165, 1.54) is 0 Å². The molecular formula is C8H14O2S. The molecular weight excluding hydrogens is 160 g/mol. The number of hydrogen-bond donors (Lipinski definition) is 2. The molecule has 0 aromatic heterocycles. The Hall–Kier alpha value is -0.180. The number of carboxylic acids is 1. The number of aliphatic carboxylic acids is 1. The van der Waals surface area contributed by atoms with Crippen LogP contribution in [0.1, 0.15) is 25.7 Å². The van der Waals surface area contributed by atoms with Gasteiger partial charge in [0, 0.05) is 0 Å². The van der Waals surface area contributed by atoms with Crippen molar-refractivity contribution in [2.24, 2.45) is 11.8 Å². The van der Waals surface area contributed by atoms with Crippen LogP contribution in [0, 0.1) is 11.8 Å². The van der Waals surface area contributed by atoms with Crippen molar-refractivity contribution in [1.82, 2.24) is 0 Å². The molecule has 1 N–H and O–H groups in total. The average molecular weight is 174 g/mol. The Labute approximate surface area is 72.4 Å². The minimum atomic E-state index is -0.623. The molecule has 0 bridgehead atoms. The first kappa shape index (κ1) is 8.91. The third-order valence-electron chi connectivity index (χ3n) is 2.45. The minimum absolute atomic E-state index is 0.0777. The summed E-state index contributed by atoms with van der Waals surface area (Å²) in [7, 11) is 0. The third-order valence-corrected chi connectivity index (χ3v) is 2.97. The van der Waals surface area contributed by atoms with Gasteiger partial charge in [-0.15, -0.1) is 0 Å². The van der Waals surface area contributed by atoms with Crippen molar-refractivity contribution >= 4 is 18.6 Å². The number of thiol groups is 1. The van der Waals surface area contributed by atoms with Crippen LogP contribution in [-0.2, 0) is 4.79 Å². The lowest BCUT2D eigenvalue weighted by molar-refractivity contribution is -0.143. The summed E-state index contributed by atoms with van der Waals surface area (Å²) in [4.78, 5) is 10.5. The van der Waals surface area contributed by atoms with Crippen LogP contribution in [-0.4, -0.2) is 16.8 Å². The van der Waals surface area contributed by atoms with E-state index in [1.54, 1.807) is 0 Å². The highest BCUT2D eigenvalue weighted by atomic mass is 32.1. The third kappa shape index (κ3) is 2.40. The quantitative estimate of drug-likeness (QED) is 0.626. The van der Waals surface area contributed by atoms with Gasteiger partial charge in [0.15, 0.2) is 0 Å². The standard InChI is InChI=1S/C8H14O2S/c9-8(10)7-3-1-6(5-11)2-4-7/h6-7,11H,1-5H2,(H,9,10)/t6-,7-. The second-order valence-electron chi connectivity index (χ2n) is 3.24. The van der Waals surface area contributed by atoms with Crippen molar-refractivity contribution in [3.8, 4) is 0 Å². The fourth-order valence-corrected chi connectivity index (χ4v) is 1.96. The van der Waals surface area contributed by atoms with Crippen molar-refractivity contribution in [2.75, 3.05) is 5.75 Å². The van der Waals surface area contributed by atoms with Gasteiger partial charge in [0.2, 0.25) is 0 Å². The lowest BCUT2D eigenvalue weighted by Crippen LogP contribution is -2.21. The molecule has 0 saturated heterocycles. The van der Waals surface area contributed by atoms with Crippen molar-refractivity contribution in [2.45, 2.75) is 25.7 Å². The zero-order valence-corrected chi connectivity index (χ0v) is 7.39. The van der Waals surface area contributed by atoms with Crippen LogP contribution in [0.5, 0.6) is 0 Å². The predicted octanol–water partition coefficient (Wildman–Crippen LogP) is 1.81. The molecule has 0 unspecified atom stereocenters. The Morgan fingerprint density at radius 1 is 1.36 bits per heavy atom. The lowest BCUT2D eigenvalue weighted by atomic mass is 9.83. The SMILES string of the molecule is O=C(O)[C@H]1CC[C@H](CS)CC1. The highest BCUT2D eigenvalue weighted by molar-refractivity contribution is 7.80. The molecule has 0 spiro atoms. The highest BCUT2D eigenvalue weighted by Gasteiger charge is 2.24.